The molecule has 1 fully saturated rings. The Balaban J connectivity index is 0.000001000. The summed E-state index contributed by atoms with van der Waals surface area (Å²) in [7, 11) is 0. The van der Waals surface area contributed by atoms with Gasteiger partial charge in [0.1, 0.15) is 0 Å². The molecular formula is C7H11BrF2Zn. The van der Waals surface area contributed by atoms with Crippen LogP contribution in [0, 0.1) is 5.92 Å². The van der Waals surface area contributed by atoms with Crippen LogP contribution in [0.25, 0.3) is 0 Å². The van der Waals surface area contributed by atoms with Gasteiger partial charge in [0.05, 0.1) is 0 Å². The van der Waals surface area contributed by atoms with E-state index in [2.05, 4.69) is 0 Å². The number of halogens is 3. The van der Waals surface area contributed by atoms with Crippen LogP contribution in [0.3, 0.4) is 0 Å². The predicted molar refractivity (Wildman–Crippen MR) is 31.7 cm³/mol. The third kappa shape index (κ3) is 3.93. The first-order valence-corrected chi connectivity index (χ1v) is 5.91. The summed E-state index contributed by atoms with van der Waals surface area (Å²) in [5, 5.41) is 1.19. The van der Waals surface area contributed by atoms with E-state index in [1.165, 1.54) is 23.3 Å². The molecule has 0 unspecified atom stereocenters. The number of rotatable bonds is 1. The third-order valence-electron chi connectivity index (χ3n) is 2.24. The minimum atomic E-state index is -2.33. The van der Waals surface area contributed by atoms with E-state index in [9.17, 15) is 8.78 Å². The summed E-state index contributed by atoms with van der Waals surface area (Å²) in [4.78, 5) is 0. The molecule has 0 N–H and O–H groups in total. The average Bonchev–Trinajstić information content (AvgIpc) is 1.88. The minimum absolute atomic E-state index is 0. The molecule has 0 atom stereocenters. The van der Waals surface area contributed by atoms with Gasteiger partial charge in [0, 0.05) is 0 Å². The van der Waals surface area contributed by atoms with Crippen LogP contribution >= 0.6 is 0 Å². The Morgan fingerprint density at radius 3 is 2.09 bits per heavy atom. The first-order chi connectivity index (χ1) is 4.64. The second kappa shape index (κ2) is 4.86. The van der Waals surface area contributed by atoms with Gasteiger partial charge in [-0.2, -0.15) is 0 Å². The van der Waals surface area contributed by atoms with Gasteiger partial charge in [-0.15, -0.1) is 0 Å². The van der Waals surface area contributed by atoms with Crippen molar-refractivity contribution in [2.45, 2.75) is 36.6 Å². The molecule has 1 aliphatic rings. The first kappa shape index (κ1) is 12.0. The Hall–Kier alpha value is 0.963. The van der Waals surface area contributed by atoms with Crippen molar-refractivity contribution in [3.63, 3.8) is 0 Å². The van der Waals surface area contributed by atoms with Crippen molar-refractivity contribution < 1.29 is 44.1 Å². The van der Waals surface area contributed by atoms with Crippen LogP contribution in [-0.4, -0.2) is 5.92 Å². The molecule has 1 aliphatic carbocycles. The van der Waals surface area contributed by atoms with E-state index in [4.69, 9.17) is 0 Å². The maximum atomic E-state index is 12.5. The molecule has 0 nitrogen and oxygen atoms in total. The van der Waals surface area contributed by atoms with E-state index in [-0.39, 0.29) is 29.8 Å². The molecule has 0 saturated heterocycles. The number of hydrogen-bond donors (Lipinski definition) is 0. The van der Waals surface area contributed by atoms with Gasteiger partial charge >= 0.3 is 69.6 Å². The van der Waals surface area contributed by atoms with Gasteiger partial charge < -0.3 is 17.0 Å². The molecule has 62 valence electrons. The summed E-state index contributed by atoms with van der Waals surface area (Å²) >= 11 is 1.26. The van der Waals surface area contributed by atoms with E-state index >= 15 is 0 Å². The van der Waals surface area contributed by atoms with Crippen LogP contribution in [0.4, 0.5) is 8.78 Å². The van der Waals surface area contributed by atoms with Crippen molar-refractivity contribution in [2.24, 2.45) is 5.92 Å². The Bertz CT molecular complexity index is 109. The quantitative estimate of drug-likeness (QED) is 0.582. The van der Waals surface area contributed by atoms with Crippen molar-refractivity contribution >= 4 is 0 Å². The van der Waals surface area contributed by atoms with E-state index in [1.807, 2.05) is 0 Å². The van der Waals surface area contributed by atoms with Crippen molar-refractivity contribution in [2.75, 3.05) is 0 Å². The van der Waals surface area contributed by atoms with Crippen molar-refractivity contribution in [1.82, 2.24) is 0 Å². The Kier molecular flexibility index (Phi) is 5.29. The summed E-state index contributed by atoms with van der Waals surface area (Å²) in [6, 6.07) is 0. The molecule has 4 heteroatoms. The summed E-state index contributed by atoms with van der Waals surface area (Å²) in [5.74, 6) is -1.70. The largest absolute Gasteiger partial charge is 1.00 e. The van der Waals surface area contributed by atoms with Crippen molar-refractivity contribution in [1.29, 1.82) is 0 Å². The Labute approximate surface area is 86.6 Å². The summed E-state index contributed by atoms with van der Waals surface area (Å²) in [5.41, 5.74) is 0. The van der Waals surface area contributed by atoms with E-state index in [0.29, 0.717) is 5.92 Å². The molecule has 1 saturated carbocycles. The van der Waals surface area contributed by atoms with Crippen LogP contribution in [0.5, 0.6) is 0 Å². The summed E-state index contributed by atoms with van der Waals surface area (Å²) < 4.78 is 25.0. The van der Waals surface area contributed by atoms with Crippen molar-refractivity contribution in [3.8, 4) is 0 Å². The molecule has 0 spiro atoms. The Morgan fingerprint density at radius 1 is 1.27 bits per heavy atom. The summed E-state index contributed by atoms with van der Waals surface area (Å²) in [6.07, 6.45) is 1.79. The smallest absolute Gasteiger partial charge is 1.00 e. The fourth-order valence-corrected chi connectivity index (χ4v) is 2.60. The molecule has 1 rings (SSSR count). The zero-order valence-electron chi connectivity index (χ0n) is 6.45. The number of alkyl halides is 2. The van der Waals surface area contributed by atoms with Gasteiger partial charge in [0.25, 0.3) is 0 Å². The molecule has 0 radical (unpaired) electrons. The molecule has 11 heavy (non-hydrogen) atoms. The van der Waals surface area contributed by atoms with Crippen LogP contribution in [0.15, 0.2) is 0 Å². The zero-order chi connectivity index (χ0) is 7.61. The van der Waals surface area contributed by atoms with E-state index < -0.39 is 5.92 Å². The molecule has 0 heterocycles. The molecular weight excluding hydrogens is 267 g/mol. The van der Waals surface area contributed by atoms with Crippen LogP contribution < -0.4 is 17.0 Å². The Morgan fingerprint density at radius 2 is 1.73 bits per heavy atom. The fourth-order valence-electron chi connectivity index (χ4n) is 1.39. The topological polar surface area (TPSA) is 0 Å². The summed E-state index contributed by atoms with van der Waals surface area (Å²) in [6.45, 7) is 0. The van der Waals surface area contributed by atoms with E-state index in [0.717, 1.165) is 12.8 Å². The van der Waals surface area contributed by atoms with Crippen LogP contribution in [-0.2, 0) is 18.3 Å². The fraction of sp³-hybridized carbons (Fsp3) is 1.00. The number of hydrogen-bond acceptors (Lipinski definition) is 0. The van der Waals surface area contributed by atoms with Gasteiger partial charge in [-0.3, -0.25) is 0 Å². The molecule has 0 aliphatic heterocycles. The van der Waals surface area contributed by atoms with Gasteiger partial charge in [0.2, 0.25) is 0 Å². The standard InChI is InChI=1S/C7H11F2.BrH.Zn/c1-6-2-4-7(8,9)5-3-6;;/h6H,1-5H2;1H;/q;;+1/p-1. The van der Waals surface area contributed by atoms with Gasteiger partial charge in [-0.05, 0) is 0 Å². The van der Waals surface area contributed by atoms with E-state index in [1.54, 1.807) is 0 Å². The maximum Gasteiger partial charge on any atom is -1.00 e. The second-order valence-electron chi connectivity index (χ2n) is 3.09. The minimum Gasteiger partial charge on any atom is -1.00 e. The third-order valence-corrected chi connectivity index (χ3v) is 3.96. The SMILES string of the molecule is FC1(F)CCC([CH2][Zn+])CC1.[Br-]. The second-order valence-corrected chi connectivity index (χ2v) is 4.30. The zero-order valence-corrected chi connectivity index (χ0v) is 11.0. The molecule has 0 amide bonds. The molecule has 0 aromatic heterocycles. The van der Waals surface area contributed by atoms with Gasteiger partial charge in [-0.1, -0.05) is 0 Å². The molecule has 0 aromatic carbocycles. The van der Waals surface area contributed by atoms with Gasteiger partial charge in [-0.25, -0.2) is 0 Å². The molecule has 0 aromatic rings. The normalized spacial score (nSPS) is 24.4. The van der Waals surface area contributed by atoms with Gasteiger partial charge in [0.15, 0.2) is 0 Å². The van der Waals surface area contributed by atoms with Crippen molar-refractivity contribution in [3.05, 3.63) is 0 Å². The van der Waals surface area contributed by atoms with Crippen LogP contribution in [0.2, 0.25) is 5.02 Å². The monoisotopic (exact) mass is 276 g/mol. The first-order valence-electron chi connectivity index (χ1n) is 3.81. The average molecular weight is 278 g/mol. The van der Waals surface area contributed by atoms with Crippen LogP contribution in [0.1, 0.15) is 25.7 Å². The maximum absolute atomic E-state index is 12.5. The molecule has 0 bridgehead atoms. The predicted octanol–water partition coefficient (Wildman–Crippen LogP) is -0.219.